The van der Waals surface area contributed by atoms with Gasteiger partial charge in [0.25, 0.3) is 5.91 Å². The molecule has 1 aliphatic rings. The third-order valence-electron chi connectivity index (χ3n) is 6.15. The Morgan fingerprint density at radius 1 is 1.00 bits per heavy atom. The van der Waals surface area contributed by atoms with Crippen molar-refractivity contribution in [1.29, 1.82) is 0 Å². The average molecular weight is 509 g/mol. The van der Waals surface area contributed by atoms with Gasteiger partial charge in [-0.2, -0.15) is 5.10 Å². The van der Waals surface area contributed by atoms with Gasteiger partial charge < -0.3 is 20.7 Å². The fourth-order valence-corrected chi connectivity index (χ4v) is 4.25. The number of fused-ring (bicyclic) bond motifs is 1. The molecule has 6 rings (SSSR count). The van der Waals surface area contributed by atoms with Gasteiger partial charge in [-0.1, -0.05) is 12.1 Å². The van der Waals surface area contributed by atoms with E-state index in [0.717, 1.165) is 22.6 Å². The summed E-state index contributed by atoms with van der Waals surface area (Å²) in [5.41, 5.74) is 11.2. The number of nitrogen functional groups attached to an aromatic ring is 1. The molecule has 0 saturated carbocycles. The van der Waals surface area contributed by atoms with E-state index in [1.165, 1.54) is 0 Å². The number of morpholine rings is 1. The highest BCUT2D eigenvalue weighted by Gasteiger charge is 2.20. The summed E-state index contributed by atoms with van der Waals surface area (Å²) in [5, 5.41) is 9.70. The van der Waals surface area contributed by atoms with Crippen molar-refractivity contribution in [3.8, 4) is 22.5 Å². The molecular formula is C26H24N10O2. The third-order valence-corrected chi connectivity index (χ3v) is 6.15. The summed E-state index contributed by atoms with van der Waals surface area (Å²) in [6.45, 7) is 4.46. The second-order valence-corrected chi connectivity index (χ2v) is 8.86. The quantitative estimate of drug-likeness (QED) is 0.322. The largest absolute Gasteiger partial charge is 0.378 e. The van der Waals surface area contributed by atoms with Crippen molar-refractivity contribution in [2.24, 2.45) is 0 Å². The number of hydrogen-bond acceptors (Lipinski definition) is 10. The molecule has 0 atom stereocenters. The first-order valence-corrected chi connectivity index (χ1v) is 12.1. The van der Waals surface area contributed by atoms with Gasteiger partial charge in [-0.05, 0) is 36.8 Å². The molecule has 0 bridgehead atoms. The van der Waals surface area contributed by atoms with Crippen LogP contribution >= 0.6 is 0 Å². The molecule has 5 aromatic rings. The lowest BCUT2D eigenvalue weighted by Crippen LogP contribution is -2.37. The number of aryl methyl sites for hydroxylation is 1. The first kappa shape index (κ1) is 23.4. The number of nitrogens with two attached hydrogens (primary N) is 1. The van der Waals surface area contributed by atoms with E-state index < -0.39 is 0 Å². The number of H-pyrrole nitrogens is 1. The Balaban J connectivity index is 1.39. The van der Waals surface area contributed by atoms with Crippen LogP contribution in [-0.4, -0.2) is 67.3 Å². The van der Waals surface area contributed by atoms with E-state index in [0.29, 0.717) is 60.1 Å². The Kier molecular flexibility index (Phi) is 6.06. The number of hydrogen-bond donors (Lipinski definition) is 3. The van der Waals surface area contributed by atoms with E-state index in [9.17, 15) is 4.79 Å². The van der Waals surface area contributed by atoms with Crippen LogP contribution in [0.3, 0.4) is 0 Å². The highest BCUT2D eigenvalue weighted by atomic mass is 16.5. The lowest BCUT2D eigenvalue weighted by Gasteiger charge is -2.28. The zero-order valence-corrected chi connectivity index (χ0v) is 20.5. The second kappa shape index (κ2) is 9.82. The number of amides is 1. The van der Waals surface area contributed by atoms with Crippen LogP contribution < -0.4 is 16.0 Å². The Morgan fingerprint density at radius 3 is 2.55 bits per heavy atom. The molecular weight excluding hydrogens is 484 g/mol. The number of benzene rings is 1. The molecule has 0 radical (unpaired) electrons. The van der Waals surface area contributed by atoms with Crippen LogP contribution in [0.1, 0.15) is 16.2 Å². The topological polar surface area (TPSA) is 161 Å². The first-order chi connectivity index (χ1) is 18.5. The molecule has 1 fully saturated rings. The van der Waals surface area contributed by atoms with Crippen molar-refractivity contribution in [3.05, 3.63) is 66.4 Å². The lowest BCUT2D eigenvalue weighted by atomic mass is 10.1. The van der Waals surface area contributed by atoms with E-state index in [-0.39, 0.29) is 11.9 Å². The Bertz CT molecular complexity index is 1630. The maximum absolute atomic E-state index is 12.6. The normalized spacial score (nSPS) is 13.6. The number of aromatic nitrogens is 7. The molecule has 4 aromatic heterocycles. The number of nitrogens with zero attached hydrogens (tertiary/aromatic N) is 7. The zero-order chi connectivity index (χ0) is 26.1. The maximum atomic E-state index is 12.6. The molecule has 38 heavy (non-hydrogen) atoms. The van der Waals surface area contributed by atoms with E-state index in [1.54, 1.807) is 24.7 Å². The van der Waals surface area contributed by atoms with Crippen LogP contribution in [0.5, 0.6) is 0 Å². The summed E-state index contributed by atoms with van der Waals surface area (Å²) >= 11 is 0. The van der Waals surface area contributed by atoms with Crippen LogP contribution in [0.2, 0.25) is 0 Å². The Labute approximate surface area is 217 Å². The van der Waals surface area contributed by atoms with Crippen LogP contribution in [0.4, 0.5) is 17.5 Å². The number of ether oxygens (including phenoxy) is 1. The molecule has 4 N–H and O–H groups in total. The van der Waals surface area contributed by atoms with Gasteiger partial charge in [0.1, 0.15) is 5.52 Å². The molecule has 1 aromatic carbocycles. The van der Waals surface area contributed by atoms with E-state index in [2.05, 4.69) is 30.4 Å². The van der Waals surface area contributed by atoms with E-state index >= 15 is 0 Å². The molecule has 12 heteroatoms. The van der Waals surface area contributed by atoms with E-state index in [1.807, 2.05) is 37.3 Å². The minimum absolute atomic E-state index is 0.182. The average Bonchev–Trinajstić information content (AvgIpc) is 3.39. The highest BCUT2D eigenvalue weighted by molar-refractivity contribution is 6.03. The van der Waals surface area contributed by atoms with Crippen molar-refractivity contribution >= 4 is 34.4 Å². The number of nitrogens with one attached hydrogen (secondary N) is 2. The van der Waals surface area contributed by atoms with Gasteiger partial charge in [0.05, 0.1) is 24.3 Å². The van der Waals surface area contributed by atoms with Gasteiger partial charge >= 0.3 is 0 Å². The lowest BCUT2D eigenvalue weighted by molar-refractivity contribution is 0.102. The molecule has 5 heterocycles. The van der Waals surface area contributed by atoms with Crippen molar-refractivity contribution in [2.45, 2.75) is 6.92 Å². The number of anilines is 3. The summed E-state index contributed by atoms with van der Waals surface area (Å²) in [4.78, 5) is 37.3. The fraction of sp³-hybridized carbons (Fsp3) is 0.192. The van der Waals surface area contributed by atoms with Gasteiger partial charge in [0.15, 0.2) is 17.3 Å². The van der Waals surface area contributed by atoms with Crippen LogP contribution in [0, 0.1) is 6.92 Å². The number of pyridine rings is 1. The van der Waals surface area contributed by atoms with E-state index in [4.69, 9.17) is 25.4 Å². The number of aromatic amines is 1. The van der Waals surface area contributed by atoms with Crippen LogP contribution in [0.25, 0.3) is 33.5 Å². The number of carbonyl (C=O) groups excluding carboxylic acids is 1. The van der Waals surface area contributed by atoms with Crippen LogP contribution in [0.15, 0.2) is 55.0 Å². The molecule has 1 aliphatic heterocycles. The molecule has 0 spiro atoms. The molecule has 1 saturated heterocycles. The predicted octanol–water partition coefficient (Wildman–Crippen LogP) is 2.85. The van der Waals surface area contributed by atoms with Gasteiger partial charge in [-0.25, -0.2) is 19.9 Å². The van der Waals surface area contributed by atoms with Crippen LogP contribution in [-0.2, 0) is 4.74 Å². The molecule has 1 amide bonds. The minimum atomic E-state index is -0.290. The minimum Gasteiger partial charge on any atom is -0.378 e. The SMILES string of the molecule is Cc1cc(C(=O)Nc2cccc(-c3cnc4c(N5CCOCC5)nc(-c5cnc(N)nc5)nc4c3)c2)n[nH]1. The summed E-state index contributed by atoms with van der Waals surface area (Å²) in [6, 6.07) is 11.2. The monoisotopic (exact) mass is 508 g/mol. The molecule has 190 valence electrons. The Morgan fingerprint density at radius 2 is 1.79 bits per heavy atom. The fourth-order valence-electron chi connectivity index (χ4n) is 4.25. The predicted molar refractivity (Wildman–Crippen MR) is 143 cm³/mol. The van der Waals surface area contributed by atoms with Crippen molar-refractivity contribution in [2.75, 3.05) is 42.3 Å². The number of carbonyl (C=O) groups is 1. The summed E-state index contributed by atoms with van der Waals surface area (Å²) in [5.74, 6) is 1.10. The second-order valence-electron chi connectivity index (χ2n) is 8.86. The summed E-state index contributed by atoms with van der Waals surface area (Å²) < 4.78 is 5.53. The molecule has 12 nitrogen and oxygen atoms in total. The van der Waals surface area contributed by atoms with Crippen molar-refractivity contribution in [1.82, 2.24) is 35.1 Å². The first-order valence-electron chi connectivity index (χ1n) is 12.1. The maximum Gasteiger partial charge on any atom is 0.276 e. The number of rotatable bonds is 5. The summed E-state index contributed by atoms with van der Waals surface area (Å²) in [6.07, 6.45) is 5.01. The van der Waals surface area contributed by atoms with Gasteiger partial charge in [-0.3, -0.25) is 14.9 Å². The highest BCUT2D eigenvalue weighted by Crippen LogP contribution is 2.30. The standard InChI is InChI=1S/C26H24N10O2/c1-15-9-21(35-34-15)25(37)31-19-4-2-3-16(10-19)17-11-20-22(28-12-17)24(36-5-7-38-8-6-36)33-23(32-20)18-13-29-26(27)30-14-18/h2-4,9-14H,5-8H2,1H3,(H,31,37)(H,34,35)(H2,27,29,30). The zero-order valence-electron chi connectivity index (χ0n) is 20.5. The molecule has 0 aliphatic carbocycles. The summed E-state index contributed by atoms with van der Waals surface area (Å²) in [7, 11) is 0. The third kappa shape index (κ3) is 4.72. The molecule has 0 unspecified atom stereocenters. The van der Waals surface area contributed by atoms with Gasteiger partial charge in [-0.15, -0.1) is 0 Å². The smallest absolute Gasteiger partial charge is 0.276 e. The van der Waals surface area contributed by atoms with Gasteiger partial charge in [0, 0.05) is 48.6 Å². The van der Waals surface area contributed by atoms with Gasteiger partial charge in [0.2, 0.25) is 5.95 Å². The van der Waals surface area contributed by atoms with Crippen molar-refractivity contribution < 1.29 is 9.53 Å². The Hall–Kier alpha value is -4.97. The van der Waals surface area contributed by atoms with Crippen molar-refractivity contribution in [3.63, 3.8) is 0 Å².